The second-order valence-corrected chi connectivity index (χ2v) is 3.74. The Labute approximate surface area is 90.0 Å². The van der Waals surface area contributed by atoms with Crippen molar-refractivity contribution in [2.45, 2.75) is 6.18 Å². The number of fused-ring (bicyclic) bond motifs is 1. The third-order valence-corrected chi connectivity index (χ3v) is 2.19. The Morgan fingerprint density at radius 2 is 2.00 bits per heavy atom. The van der Waals surface area contributed by atoms with Crippen LogP contribution in [0.25, 0.3) is 5.65 Å². The van der Waals surface area contributed by atoms with Gasteiger partial charge < -0.3 is 5.73 Å². The molecule has 0 radical (unpaired) electrons. The van der Waals surface area contributed by atoms with Gasteiger partial charge in [-0.05, 0) is 22.0 Å². The second-order valence-electron chi connectivity index (χ2n) is 2.83. The minimum atomic E-state index is -4.55. The first-order chi connectivity index (χ1) is 6.89. The van der Waals surface area contributed by atoms with E-state index >= 15 is 0 Å². The van der Waals surface area contributed by atoms with E-state index in [4.69, 9.17) is 5.73 Å². The van der Waals surface area contributed by atoms with E-state index in [1.165, 1.54) is 12.3 Å². The zero-order valence-electron chi connectivity index (χ0n) is 7.09. The van der Waals surface area contributed by atoms with Crippen molar-refractivity contribution in [3.63, 3.8) is 0 Å². The highest BCUT2D eigenvalue weighted by Gasteiger charge is 2.37. The van der Waals surface area contributed by atoms with Crippen LogP contribution >= 0.6 is 15.9 Å². The Hall–Kier alpha value is -1.31. The Morgan fingerprint density at radius 3 is 2.60 bits per heavy atom. The summed E-state index contributed by atoms with van der Waals surface area (Å²) in [5.41, 5.74) is 5.62. The third-order valence-electron chi connectivity index (χ3n) is 1.75. The normalized spacial score (nSPS) is 12.3. The number of hydrogen-bond acceptors (Lipinski definition) is 3. The number of rotatable bonds is 0. The van der Waals surface area contributed by atoms with E-state index in [9.17, 15) is 13.2 Å². The molecule has 0 spiro atoms. The van der Waals surface area contributed by atoms with Gasteiger partial charge in [-0.2, -0.15) is 13.2 Å². The summed E-state index contributed by atoms with van der Waals surface area (Å²) >= 11 is 3.05. The van der Waals surface area contributed by atoms with Crippen LogP contribution in [0.5, 0.6) is 0 Å². The van der Waals surface area contributed by atoms with Crippen LogP contribution in [0.2, 0.25) is 0 Å². The minimum absolute atomic E-state index is 0.00877. The molecule has 8 heteroatoms. The Bertz CT molecular complexity index is 519. The van der Waals surface area contributed by atoms with Crippen LogP contribution < -0.4 is 5.73 Å². The summed E-state index contributed by atoms with van der Waals surface area (Å²) in [6.45, 7) is 0. The largest absolute Gasteiger partial charge is 0.452 e. The average Bonchev–Trinajstić information content (AvgIpc) is 2.45. The number of pyridine rings is 1. The molecule has 2 N–H and O–H groups in total. The third kappa shape index (κ3) is 1.65. The van der Waals surface area contributed by atoms with Crippen molar-refractivity contribution in [1.29, 1.82) is 0 Å². The van der Waals surface area contributed by atoms with Crippen LogP contribution in [0.15, 0.2) is 16.7 Å². The maximum atomic E-state index is 12.4. The molecule has 4 nitrogen and oxygen atoms in total. The average molecular weight is 281 g/mol. The lowest BCUT2D eigenvalue weighted by molar-refractivity contribution is -0.145. The van der Waals surface area contributed by atoms with E-state index in [2.05, 4.69) is 26.1 Å². The Morgan fingerprint density at radius 1 is 1.33 bits per heavy atom. The van der Waals surface area contributed by atoms with Crippen LogP contribution in [-0.4, -0.2) is 14.6 Å². The number of anilines is 1. The number of nitrogen functional groups attached to an aromatic ring is 1. The first-order valence-electron chi connectivity index (χ1n) is 3.76. The number of halogens is 4. The van der Waals surface area contributed by atoms with Crippen molar-refractivity contribution in [2.24, 2.45) is 0 Å². The van der Waals surface area contributed by atoms with Crippen molar-refractivity contribution >= 4 is 27.3 Å². The number of hydrogen-bond donors (Lipinski definition) is 1. The van der Waals surface area contributed by atoms with Crippen molar-refractivity contribution in [2.75, 3.05) is 5.73 Å². The van der Waals surface area contributed by atoms with E-state index in [0.29, 0.717) is 4.47 Å². The number of nitrogens with zero attached hydrogens (tertiary/aromatic N) is 3. The van der Waals surface area contributed by atoms with Crippen LogP contribution in [0, 0.1) is 0 Å². The summed E-state index contributed by atoms with van der Waals surface area (Å²) in [7, 11) is 0. The van der Waals surface area contributed by atoms with Gasteiger partial charge in [-0.15, -0.1) is 10.2 Å². The summed E-state index contributed by atoms with van der Waals surface area (Å²) in [5, 5.41) is 6.43. The minimum Gasteiger partial charge on any atom is -0.396 e. The lowest BCUT2D eigenvalue weighted by Crippen LogP contribution is -2.11. The van der Waals surface area contributed by atoms with Crippen LogP contribution in [0.3, 0.4) is 0 Å². The van der Waals surface area contributed by atoms with Crippen LogP contribution in [0.1, 0.15) is 5.82 Å². The van der Waals surface area contributed by atoms with Gasteiger partial charge in [-0.3, -0.25) is 4.40 Å². The zero-order chi connectivity index (χ0) is 11.2. The molecule has 2 aromatic heterocycles. The van der Waals surface area contributed by atoms with Gasteiger partial charge in [-0.1, -0.05) is 0 Å². The molecule has 0 aliphatic heterocycles. The Kier molecular flexibility index (Phi) is 2.10. The first kappa shape index (κ1) is 10.2. The monoisotopic (exact) mass is 280 g/mol. The molecule has 0 aromatic carbocycles. The molecule has 0 fully saturated rings. The molecule has 0 aliphatic rings. The zero-order valence-corrected chi connectivity index (χ0v) is 8.67. The molecule has 0 aliphatic carbocycles. The topological polar surface area (TPSA) is 56.2 Å². The second kappa shape index (κ2) is 3.09. The first-order valence-corrected chi connectivity index (χ1v) is 4.56. The molecule has 0 amide bonds. The maximum Gasteiger partial charge on any atom is 0.452 e. The maximum absolute atomic E-state index is 12.4. The quantitative estimate of drug-likeness (QED) is 0.804. The van der Waals surface area contributed by atoms with Gasteiger partial charge in [0.1, 0.15) is 0 Å². The fraction of sp³-hybridized carbons (Fsp3) is 0.143. The molecule has 0 bridgehead atoms. The molecule has 0 saturated carbocycles. The lowest BCUT2D eigenvalue weighted by atomic mass is 10.4. The lowest BCUT2D eigenvalue weighted by Gasteiger charge is -2.04. The number of aromatic nitrogens is 3. The highest BCUT2D eigenvalue weighted by atomic mass is 79.9. The van der Waals surface area contributed by atoms with Gasteiger partial charge in [0, 0.05) is 10.7 Å². The highest BCUT2D eigenvalue weighted by Crippen LogP contribution is 2.30. The van der Waals surface area contributed by atoms with E-state index in [1.807, 2.05) is 0 Å². The SMILES string of the molecule is Nc1cc(Br)cn2c(C(F)(F)F)nnc12. The number of alkyl halides is 3. The fourth-order valence-corrected chi connectivity index (χ4v) is 1.63. The molecular weight excluding hydrogens is 277 g/mol. The van der Waals surface area contributed by atoms with Crippen molar-refractivity contribution in [3.05, 3.63) is 22.6 Å². The van der Waals surface area contributed by atoms with Gasteiger partial charge in [0.15, 0.2) is 5.65 Å². The predicted molar refractivity (Wildman–Crippen MR) is 50.1 cm³/mol. The standard InChI is InChI=1S/C7H4BrF3N4/c8-3-1-4(12)5-13-14-6(7(9,10)11)15(5)2-3/h1-2H,12H2. The molecule has 15 heavy (non-hydrogen) atoms. The molecule has 2 heterocycles. The van der Waals surface area contributed by atoms with E-state index in [1.54, 1.807) is 0 Å². The van der Waals surface area contributed by atoms with Gasteiger partial charge in [0.2, 0.25) is 5.82 Å². The summed E-state index contributed by atoms with van der Waals surface area (Å²) in [4.78, 5) is 0. The van der Waals surface area contributed by atoms with E-state index in [-0.39, 0.29) is 11.3 Å². The van der Waals surface area contributed by atoms with Gasteiger partial charge in [0.25, 0.3) is 0 Å². The predicted octanol–water partition coefficient (Wildman–Crippen LogP) is 2.09. The van der Waals surface area contributed by atoms with Crippen molar-refractivity contribution in [1.82, 2.24) is 14.6 Å². The summed E-state index contributed by atoms with van der Waals surface area (Å²) in [6, 6.07) is 1.46. The summed E-state index contributed by atoms with van der Waals surface area (Å²) in [5.74, 6) is -1.09. The molecule has 80 valence electrons. The highest BCUT2D eigenvalue weighted by molar-refractivity contribution is 9.10. The summed E-state index contributed by atoms with van der Waals surface area (Å²) < 4.78 is 38.5. The van der Waals surface area contributed by atoms with Crippen molar-refractivity contribution in [3.8, 4) is 0 Å². The van der Waals surface area contributed by atoms with Gasteiger partial charge in [0.05, 0.1) is 5.69 Å². The fourth-order valence-electron chi connectivity index (χ4n) is 1.18. The smallest absolute Gasteiger partial charge is 0.396 e. The summed E-state index contributed by atoms with van der Waals surface area (Å²) in [6.07, 6.45) is -3.33. The molecule has 2 rings (SSSR count). The van der Waals surface area contributed by atoms with Gasteiger partial charge in [-0.25, -0.2) is 0 Å². The van der Waals surface area contributed by atoms with Crippen LogP contribution in [0.4, 0.5) is 18.9 Å². The van der Waals surface area contributed by atoms with E-state index < -0.39 is 12.0 Å². The molecule has 0 saturated heterocycles. The molecule has 0 atom stereocenters. The molecular formula is C7H4BrF3N4. The van der Waals surface area contributed by atoms with Crippen molar-refractivity contribution < 1.29 is 13.2 Å². The van der Waals surface area contributed by atoms with Gasteiger partial charge >= 0.3 is 6.18 Å². The Balaban J connectivity index is 2.80. The molecule has 0 unspecified atom stereocenters. The van der Waals surface area contributed by atoms with E-state index in [0.717, 1.165) is 4.40 Å². The number of nitrogens with two attached hydrogens (primary N) is 1. The van der Waals surface area contributed by atoms with Crippen LogP contribution in [-0.2, 0) is 6.18 Å². The molecule has 2 aromatic rings.